The van der Waals surface area contributed by atoms with Gasteiger partial charge in [0.1, 0.15) is 24.1 Å². The first-order chi connectivity index (χ1) is 12.5. The number of aromatic nitrogens is 4. The molecule has 2 saturated heterocycles. The SMILES string of the molecule is C[C@]1(O)C(n2cnc3c(NCC4CCCO4)ncnc32)O[C@H](CO)[C@H]1O. The molecule has 4 rings (SSSR count). The molecule has 5 atom stereocenters. The van der Waals surface area contributed by atoms with Gasteiger partial charge < -0.3 is 30.1 Å². The normalized spacial score (nSPS) is 34.6. The summed E-state index contributed by atoms with van der Waals surface area (Å²) < 4.78 is 12.8. The molecule has 0 saturated carbocycles. The largest absolute Gasteiger partial charge is 0.394 e. The van der Waals surface area contributed by atoms with Gasteiger partial charge in [0.2, 0.25) is 0 Å². The summed E-state index contributed by atoms with van der Waals surface area (Å²) in [6, 6.07) is 0. The first-order valence-corrected chi connectivity index (χ1v) is 8.72. The second-order valence-corrected chi connectivity index (χ2v) is 6.94. The predicted octanol–water partition coefficient (Wildman–Crippen LogP) is -0.581. The number of rotatable bonds is 5. The van der Waals surface area contributed by atoms with E-state index >= 15 is 0 Å². The van der Waals surface area contributed by atoms with Crippen LogP contribution in [0.2, 0.25) is 0 Å². The third-order valence-electron chi connectivity index (χ3n) is 5.07. The summed E-state index contributed by atoms with van der Waals surface area (Å²) in [5, 5.41) is 33.4. The molecule has 2 aromatic rings. The molecule has 10 heteroatoms. The van der Waals surface area contributed by atoms with Crippen molar-refractivity contribution in [1.82, 2.24) is 19.5 Å². The molecule has 0 spiro atoms. The van der Waals surface area contributed by atoms with Gasteiger partial charge in [-0.25, -0.2) is 15.0 Å². The van der Waals surface area contributed by atoms with Crippen molar-refractivity contribution in [2.24, 2.45) is 0 Å². The molecule has 2 fully saturated rings. The summed E-state index contributed by atoms with van der Waals surface area (Å²) in [6.07, 6.45) is 2.07. The molecule has 0 aliphatic carbocycles. The van der Waals surface area contributed by atoms with E-state index in [-0.39, 0.29) is 6.10 Å². The summed E-state index contributed by atoms with van der Waals surface area (Å²) in [5.41, 5.74) is -0.602. The summed E-state index contributed by atoms with van der Waals surface area (Å²) in [7, 11) is 0. The lowest BCUT2D eigenvalue weighted by molar-refractivity contribution is -0.0950. The molecule has 26 heavy (non-hydrogen) atoms. The van der Waals surface area contributed by atoms with Crippen LogP contribution < -0.4 is 5.32 Å². The van der Waals surface area contributed by atoms with Gasteiger partial charge in [0.05, 0.1) is 19.0 Å². The number of aliphatic hydroxyl groups is 3. The molecule has 2 unspecified atom stereocenters. The van der Waals surface area contributed by atoms with Gasteiger partial charge in [-0.1, -0.05) is 0 Å². The third kappa shape index (κ3) is 2.83. The fraction of sp³-hybridized carbons (Fsp3) is 0.688. The van der Waals surface area contributed by atoms with Crippen LogP contribution in [0.3, 0.4) is 0 Å². The van der Waals surface area contributed by atoms with E-state index in [1.54, 1.807) is 4.57 Å². The Kier molecular flexibility index (Phi) is 4.53. The number of aliphatic hydroxyl groups excluding tert-OH is 2. The molecule has 2 aliphatic rings. The van der Waals surface area contributed by atoms with Crippen molar-refractivity contribution in [3.63, 3.8) is 0 Å². The highest BCUT2D eigenvalue weighted by Gasteiger charge is 2.53. The zero-order valence-corrected chi connectivity index (χ0v) is 14.4. The third-order valence-corrected chi connectivity index (χ3v) is 5.07. The highest BCUT2D eigenvalue weighted by molar-refractivity contribution is 5.82. The van der Waals surface area contributed by atoms with Crippen LogP contribution in [0.15, 0.2) is 12.7 Å². The van der Waals surface area contributed by atoms with Gasteiger partial charge in [-0.05, 0) is 19.8 Å². The minimum Gasteiger partial charge on any atom is -0.394 e. The summed E-state index contributed by atoms with van der Waals surface area (Å²) in [4.78, 5) is 12.8. The molecular formula is C16H23N5O5. The van der Waals surface area contributed by atoms with E-state index in [2.05, 4.69) is 20.3 Å². The average molecular weight is 365 g/mol. The van der Waals surface area contributed by atoms with Crippen LogP contribution in [0.5, 0.6) is 0 Å². The van der Waals surface area contributed by atoms with E-state index < -0.39 is 30.6 Å². The number of hydrogen-bond acceptors (Lipinski definition) is 9. The van der Waals surface area contributed by atoms with Gasteiger partial charge in [0.25, 0.3) is 0 Å². The van der Waals surface area contributed by atoms with E-state index in [9.17, 15) is 15.3 Å². The second-order valence-electron chi connectivity index (χ2n) is 6.94. The quantitative estimate of drug-likeness (QED) is 0.549. The standard InChI is InChI=1S/C16H23N5O5/c1-16(24)12(23)10(6-22)26-15(16)21-8-20-11-13(18-7-19-14(11)21)17-5-9-3-2-4-25-9/h7-10,12,15,22-24H,2-6H2,1H3,(H,17,18,19)/t9?,10-,12-,15?,16-/m1/s1. The molecule has 2 aromatic heterocycles. The number of imidazole rings is 1. The van der Waals surface area contributed by atoms with Gasteiger partial charge >= 0.3 is 0 Å². The Bertz CT molecular complexity index is 775. The van der Waals surface area contributed by atoms with Gasteiger partial charge in [-0.3, -0.25) is 4.57 Å². The Hall–Kier alpha value is -1.85. The van der Waals surface area contributed by atoms with Crippen LogP contribution in [0.4, 0.5) is 5.82 Å². The number of hydrogen-bond donors (Lipinski definition) is 4. The Morgan fingerprint density at radius 2 is 2.23 bits per heavy atom. The van der Waals surface area contributed by atoms with Gasteiger partial charge in [0, 0.05) is 13.2 Å². The maximum atomic E-state index is 10.7. The van der Waals surface area contributed by atoms with Crippen molar-refractivity contribution in [1.29, 1.82) is 0 Å². The van der Waals surface area contributed by atoms with Crippen molar-refractivity contribution in [2.45, 2.75) is 49.9 Å². The van der Waals surface area contributed by atoms with Crippen LogP contribution in [0.25, 0.3) is 11.2 Å². The molecule has 0 amide bonds. The zero-order valence-electron chi connectivity index (χ0n) is 14.4. The van der Waals surface area contributed by atoms with E-state index in [4.69, 9.17) is 9.47 Å². The van der Waals surface area contributed by atoms with Crippen molar-refractivity contribution >= 4 is 17.0 Å². The van der Waals surface area contributed by atoms with Crippen molar-refractivity contribution in [3.8, 4) is 0 Å². The lowest BCUT2D eigenvalue weighted by Gasteiger charge is -2.27. The molecule has 4 N–H and O–H groups in total. The number of fused-ring (bicyclic) bond motifs is 1. The highest BCUT2D eigenvalue weighted by Crippen LogP contribution is 2.39. The number of ether oxygens (including phenoxy) is 2. The van der Waals surface area contributed by atoms with Crippen LogP contribution in [0.1, 0.15) is 26.0 Å². The van der Waals surface area contributed by atoms with Crippen LogP contribution in [-0.4, -0.2) is 78.5 Å². The first-order valence-electron chi connectivity index (χ1n) is 8.72. The topological polar surface area (TPSA) is 135 Å². The van der Waals surface area contributed by atoms with E-state index in [1.165, 1.54) is 19.6 Å². The summed E-state index contributed by atoms with van der Waals surface area (Å²) in [5.74, 6) is 0.571. The monoisotopic (exact) mass is 365 g/mol. The Balaban J connectivity index is 1.62. The van der Waals surface area contributed by atoms with E-state index in [0.717, 1.165) is 19.4 Å². The van der Waals surface area contributed by atoms with Crippen LogP contribution in [0, 0.1) is 0 Å². The minimum absolute atomic E-state index is 0.154. The zero-order chi connectivity index (χ0) is 18.3. The van der Waals surface area contributed by atoms with Gasteiger partial charge in [-0.15, -0.1) is 0 Å². The van der Waals surface area contributed by atoms with Crippen molar-refractivity contribution < 1.29 is 24.8 Å². The van der Waals surface area contributed by atoms with E-state index in [1.807, 2.05) is 0 Å². The number of nitrogens with one attached hydrogen (secondary N) is 1. The van der Waals surface area contributed by atoms with Gasteiger partial charge in [0.15, 0.2) is 23.2 Å². The Morgan fingerprint density at radius 3 is 2.92 bits per heavy atom. The lowest BCUT2D eigenvalue weighted by atomic mass is 9.96. The molecule has 10 nitrogen and oxygen atoms in total. The molecule has 142 valence electrons. The highest BCUT2D eigenvalue weighted by atomic mass is 16.6. The smallest absolute Gasteiger partial charge is 0.168 e. The molecule has 0 bridgehead atoms. The van der Waals surface area contributed by atoms with Crippen LogP contribution >= 0.6 is 0 Å². The average Bonchev–Trinajstić information content (AvgIpc) is 3.34. The van der Waals surface area contributed by atoms with Gasteiger partial charge in [-0.2, -0.15) is 0 Å². The molecule has 4 heterocycles. The van der Waals surface area contributed by atoms with E-state index in [0.29, 0.717) is 23.5 Å². The summed E-state index contributed by atoms with van der Waals surface area (Å²) in [6.45, 7) is 2.47. The molecule has 0 aromatic carbocycles. The fourth-order valence-electron chi connectivity index (χ4n) is 3.56. The Morgan fingerprint density at radius 1 is 1.38 bits per heavy atom. The predicted molar refractivity (Wildman–Crippen MR) is 90.4 cm³/mol. The number of anilines is 1. The minimum atomic E-state index is -1.60. The number of nitrogens with zero attached hydrogens (tertiary/aromatic N) is 4. The summed E-state index contributed by atoms with van der Waals surface area (Å²) >= 11 is 0. The van der Waals surface area contributed by atoms with Crippen LogP contribution in [-0.2, 0) is 9.47 Å². The maximum Gasteiger partial charge on any atom is 0.168 e. The van der Waals surface area contributed by atoms with Crippen molar-refractivity contribution in [2.75, 3.05) is 25.1 Å². The fourth-order valence-corrected chi connectivity index (χ4v) is 3.56. The van der Waals surface area contributed by atoms with Crippen molar-refractivity contribution in [3.05, 3.63) is 12.7 Å². The molecular weight excluding hydrogens is 342 g/mol. The Labute approximate surface area is 149 Å². The second kappa shape index (κ2) is 6.71. The maximum absolute atomic E-state index is 10.7. The molecule has 0 radical (unpaired) electrons. The first kappa shape index (κ1) is 17.6. The molecule has 2 aliphatic heterocycles. The lowest BCUT2D eigenvalue weighted by Crippen LogP contribution is -2.44.